The number of aromatic nitrogens is 3. The second kappa shape index (κ2) is 5.08. The predicted octanol–water partition coefficient (Wildman–Crippen LogP) is 1.21. The van der Waals surface area contributed by atoms with Crippen LogP contribution in [-0.4, -0.2) is 27.4 Å². The minimum atomic E-state index is -0.581. The molecule has 0 saturated carbocycles. The summed E-state index contributed by atoms with van der Waals surface area (Å²) in [5.41, 5.74) is 10.5. The number of amides is 1. The number of hydrogen-bond donors (Lipinski definition) is 3. The number of benzene rings is 1. The van der Waals surface area contributed by atoms with Gasteiger partial charge in [0.25, 0.3) is 5.91 Å². The Morgan fingerprint density at radius 2 is 2.24 bits per heavy atom. The van der Waals surface area contributed by atoms with Crippen LogP contribution in [0.4, 0.5) is 5.82 Å². The fraction of sp³-hybridized carbons (Fsp3) is 0.0769. The summed E-state index contributed by atoms with van der Waals surface area (Å²) in [5, 5.41) is 11.7. The number of carbonyl (C=O) groups excluding carboxylic acids is 1. The number of hydrazone groups is 1. The molecular formula is C13H12N6O2. The summed E-state index contributed by atoms with van der Waals surface area (Å²) in [6.07, 6.45) is 1.57. The van der Waals surface area contributed by atoms with Crippen molar-refractivity contribution in [2.75, 3.05) is 5.73 Å². The number of hydrogen-bond acceptors (Lipinski definition) is 6. The van der Waals surface area contributed by atoms with E-state index in [2.05, 4.69) is 30.5 Å². The fourth-order valence-corrected chi connectivity index (χ4v) is 2.03. The van der Waals surface area contributed by atoms with Gasteiger partial charge in [0.1, 0.15) is 0 Å². The first kappa shape index (κ1) is 12.9. The molecule has 8 heteroatoms. The van der Waals surface area contributed by atoms with E-state index in [9.17, 15) is 4.79 Å². The van der Waals surface area contributed by atoms with Crippen LogP contribution in [0, 0.1) is 6.92 Å². The van der Waals surface area contributed by atoms with Crippen molar-refractivity contribution in [3.8, 4) is 0 Å². The zero-order chi connectivity index (χ0) is 14.8. The normalized spacial score (nSPS) is 11.3. The molecule has 0 saturated heterocycles. The highest BCUT2D eigenvalue weighted by molar-refractivity contribution is 6.01. The molecule has 3 aromatic rings. The van der Waals surface area contributed by atoms with Crippen molar-refractivity contribution in [3.05, 3.63) is 41.2 Å². The Balaban J connectivity index is 1.81. The van der Waals surface area contributed by atoms with Gasteiger partial charge in [0, 0.05) is 22.2 Å². The molecule has 0 aliphatic rings. The number of rotatable bonds is 3. The van der Waals surface area contributed by atoms with Gasteiger partial charge in [0.05, 0.1) is 6.21 Å². The van der Waals surface area contributed by atoms with Gasteiger partial charge in [-0.3, -0.25) is 4.79 Å². The van der Waals surface area contributed by atoms with E-state index < -0.39 is 5.91 Å². The molecule has 8 nitrogen and oxygen atoms in total. The van der Waals surface area contributed by atoms with Gasteiger partial charge in [-0.05, 0) is 23.3 Å². The maximum Gasteiger partial charge on any atom is 0.297 e. The molecule has 0 bridgehead atoms. The SMILES string of the molecule is Cc1[nH]c2ccccc2c1C=NNC(=O)c1nonc1N. The number of nitrogens with zero attached hydrogens (tertiary/aromatic N) is 3. The van der Waals surface area contributed by atoms with E-state index in [1.165, 1.54) is 0 Å². The molecule has 0 aliphatic heterocycles. The number of aromatic amines is 1. The van der Waals surface area contributed by atoms with Gasteiger partial charge in [-0.2, -0.15) is 5.10 Å². The molecule has 1 aromatic carbocycles. The summed E-state index contributed by atoms with van der Waals surface area (Å²) in [4.78, 5) is 15.0. The smallest absolute Gasteiger partial charge is 0.297 e. The standard InChI is InChI=1S/C13H12N6O2/c1-7-9(8-4-2-3-5-10(8)16-7)6-15-17-13(20)11-12(14)19-21-18-11/h2-6,16H,1H3,(H2,14,19)(H,17,20). The van der Waals surface area contributed by atoms with E-state index in [1.54, 1.807) is 6.21 Å². The summed E-state index contributed by atoms with van der Waals surface area (Å²) >= 11 is 0. The molecule has 4 N–H and O–H groups in total. The average Bonchev–Trinajstić information content (AvgIpc) is 3.03. The largest absolute Gasteiger partial charge is 0.379 e. The number of nitrogens with two attached hydrogens (primary N) is 1. The van der Waals surface area contributed by atoms with Crippen LogP contribution >= 0.6 is 0 Å². The Labute approximate surface area is 119 Å². The van der Waals surface area contributed by atoms with Crippen LogP contribution in [0.15, 0.2) is 34.0 Å². The molecule has 1 amide bonds. The Bertz CT molecular complexity index is 832. The molecule has 0 unspecified atom stereocenters. The Hall–Kier alpha value is -3.16. The molecule has 2 heterocycles. The van der Waals surface area contributed by atoms with Crippen LogP contribution < -0.4 is 11.2 Å². The van der Waals surface area contributed by atoms with E-state index in [-0.39, 0.29) is 11.5 Å². The van der Waals surface area contributed by atoms with Gasteiger partial charge in [-0.25, -0.2) is 10.1 Å². The minimum absolute atomic E-state index is 0.0778. The highest BCUT2D eigenvalue weighted by atomic mass is 16.6. The third-order valence-electron chi connectivity index (χ3n) is 3.03. The summed E-state index contributed by atoms with van der Waals surface area (Å²) in [7, 11) is 0. The number of carbonyl (C=O) groups is 1. The number of anilines is 1. The minimum Gasteiger partial charge on any atom is -0.379 e. The lowest BCUT2D eigenvalue weighted by Gasteiger charge is -1.96. The summed E-state index contributed by atoms with van der Waals surface area (Å²) in [6, 6.07) is 7.83. The van der Waals surface area contributed by atoms with Crippen molar-refractivity contribution < 1.29 is 9.42 Å². The second-order valence-corrected chi connectivity index (χ2v) is 4.41. The third-order valence-corrected chi connectivity index (χ3v) is 3.03. The number of aryl methyl sites for hydroxylation is 1. The number of para-hydroxylation sites is 1. The first-order valence-corrected chi connectivity index (χ1v) is 6.15. The molecule has 3 rings (SSSR count). The maximum absolute atomic E-state index is 11.7. The number of H-pyrrole nitrogens is 1. The maximum atomic E-state index is 11.7. The van der Waals surface area contributed by atoms with Crippen molar-refractivity contribution in [1.82, 2.24) is 20.7 Å². The van der Waals surface area contributed by atoms with Crippen molar-refractivity contribution in [2.45, 2.75) is 6.92 Å². The van der Waals surface area contributed by atoms with Gasteiger partial charge in [0.2, 0.25) is 11.5 Å². The van der Waals surface area contributed by atoms with Crippen LogP contribution in [0.1, 0.15) is 21.7 Å². The lowest BCUT2D eigenvalue weighted by atomic mass is 10.1. The summed E-state index contributed by atoms with van der Waals surface area (Å²) in [6.45, 7) is 1.93. The molecule has 0 fully saturated rings. The molecular weight excluding hydrogens is 272 g/mol. The molecule has 0 aliphatic carbocycles. The van der Waals surface area contributed by atoms with Crippen LogP contribution in [0.3, 0.4) is 0 Å². The second-order valence-electron chi connectivity index (χ2n) is 4.41. The Morgan fingerprint density at radius 1 is 1.43 bits per heavy atom. The first-order valence-electron chi connectivity index (χ1n) is 6.15. The van der Waals surface area contributed by atoms with Crippen molar-refractivity contribution in [1.29, 1.82) is 0 Å². The molecule has 106 valence electrons. The zero-order valence-corrected chi connectivity index (χ0v) is 11.1. The van der Waals surface area contributed by atoms with Crippen LogP contribution in [0.2, 0.25) is 0 Å². The quantitative estimate of drug-likeness (QED) is 0.492. The van der Waals surface area contributed by atoms with E-state index in [0.29, 0.717) is 0 Å². The number of nitrogens with one attached hydrogen (secondary N) is 2. The topological polar surface area (TPSA) is 122 Å². The lowest BCUT2D eigenvalue weighted by Crippen LogP contribution is -2.19. The number of nitrogen functional groups attached to an aromatic ring is 1. The van der Waals surface area contributed by atoms with Gasteiger partial charge < -0.3 is 10.7 Å². The van der Waals surface area contributed by atoms with Crippen LogP contribution in [0.25, 0.3) is 10.9 Å². The van der Waals surface area contributed by atoms with Gasteiger partial charge in [-0.1, -0.05) is 18.2 Å². The zero-order valence-electron chi connectivity index (χ0n) is 11.1. The number of fused-ring (bicyclic) bond motifs is 1. The van der Waals surface area contributed by atoms with Crippen LogP contribution in [-0.2, 0) is 0 Å². The monoisotopic (exact) mass is 284 g/mol. The van der Waals surface area contributed by atoms with E-state index in [4.69, 9.17) is 5.73 Å². The van der Waals surface area contributed by atoms with E-state index in [1.807, 2.05) is 31.2 Å². The van der Waals surface area contributed by atoms with Gasteiger partial charge >= 0.3 is 0 Å². The summed E-state index contributed by atoms with van der Waals surface area (Å²) in [5.74, 6) is -0.659. The third kappa shape index (κ3) is 2.34. The van der Waals surface area contributed by atoms with Crippen molar-refractivity contribution in [3.63, 3.8) is 0 Å². The van der Waals surface area contributed by atoms with Crippen molar-refractivity contribution in [2.24, 2.45) is 5.10 Å². The van der Waals surface area contributed by atoms with Gasteiger partial charge in [-0.15, -0.1) is 0 Å². The van der Waals surface area contributed by atoms with Gasteiger partial charge in [0.15, 0.2) is 0 Å². The molecule has 0 atom stereocenters. The molecule has 0 radical (unpaired) electrons. The molecule has 2 aromatic heterocycles. The first-order chi connectivity index (χ1) is 10.2. The van der Waals surface area contributed by atoms with Crippen molar-refractivity contribution >= 4 is 28.8 Å². The molecule has 0 spiro atoms. The lowest BCUT2D eigenvalue weighted by molar-refractivity contribution is 0.0946. The average molecular weight is 284 g/mol. The highest BCUT2D eigenvalue weighted by Gasteiger charge is 2.15. The Kier molecular flexibility index (Phi) is 3.11. The Morgan fingerprint density at radius 3 is 3.00 bits per heavy atom. The summed E-state index contributed by atoms with van der Waals surface area (Å²) < 4.78 is 4.35. The van der Waals surface area contributed by atoms with E-state index >= 15 is 0 Å². The predicted molar refractivity (Wildman–Crippen MR) is 76.8 cm³/mol. The fourth-order valence-electron chi connectivity index (χ4n) is 2.03. The van der Waals surface area contributed by atoms with E-state index in [0.717, 1.165) is 22.2 Å². The molecule has 21 heavy (non-hydrogen) atoms. The van der Waals surface area contributed by atoms with Crippen LogP contribution in [0.5, 0.6) is 0 Å². The highest BCUT2D eigenvalue weighted by Crippen LogP contribution is 2.19.